The molecule has 0 spiro atoms. The number of benzene rings is 1. The monoisotopic (exact) mass is 374 g/mol. The summed E-state index contributed by atoms with van der Waals surface area (Å²) in [4.78, 5) is 12.4. The predicted octanol–water partition coefficient (Wildman–Crippen LogP) is 3.58. The van der Waals surface area contributed by atoms with E-state index in [4.69, 9.17) is 11.6 Å². The number of sulfonamides is 1. The van der Waals surface area contributed by atoms with Crippen molar-refractivity contribution in [3.05, 3.63) is 28.8 Å². The summed E-state index contributed by atoms with van der Waals surface area (Å²) in [5.74, 6) is 0.196. The van der Waals surface area contributed by atoms with Crippen LogP contribution in [-0.2, 0) is 10.0 Å². The highest BCUT2D eigenvalue weighted by Crippen LogP contribution is 2.21. The maximum absolute atomic E-state index is 12.4. The number of rotatable bonds is 8. The first-order valence-corrected chi connectivity index (χ1v) is 10.0. The minimum absolute atomic E-state index is 0.00924. The Bertz CT molecular complexity index is 672. The summed E-state index contributed by atoms with van der Waals surface area (Å²) in [5.41, 5.74) is 0.166. The lowest BCUT2D eigenvalue weighted by Crippen LogP contribution is -2.33. The lowest BCUT2D eigenvalue weighted by molar-refractivity contribution is 0.0937. The number of hydrogen-bond donors (Lipinski definition) is 2. The van der Waals surface area contributed by atoms with Crippen molar-refractivity contribution in [1.29, 1.82) is 0 Å². The van der Waals surface area contributed by atoms with Crippen molar-refractivity contribution in [2.24, 2.45) is 5.92 Å². The zero-order valence-electron chi connectivity index (χ0n) is 14.9. The van der Waals surface area contributed by atoms with Gasteiger partial charge in [-0.3, -0.25) is 4.79 Å². The van der Waals surface area contributed by atoms with Crippen molar-refractivity contribution in [3.8, 4) is 0 Å². The Kier molecular flexibility index (Phi) is 7.70. The summed E-state index contributed by atoms with van der Waals surface area (Å²) in [6.45, 7) is 9.65. The quantitative estimate of drug-likeness (QED) is 0.730. The van der Waals surface area contributed by atoms with Crippen LogP contribution in [-0.4, -0.2) is 26.4 Å². The van der Waals surface area contributed by atoms with E-state index in [2.05, 4.69) is 23.9 Å². The van der Waals surface area contributed by atoms with Crippen molar-refractivity contribution in [1.82, 2.24) is 10.0 Å². The summed E-state index contributed by atoms with van der Waals surface area (Å²) in [5, 5.41) is 3.10. The van der Waals surface area contributed by atoms with Gasteiger partial charge in [-0.05, 0) is 57.7 Å². The van der Waals surface area contributed by atoms with E-state index in [1.54, 1.807) is 13.8 Å². The molecule has 0 aliphatic carbocycles. The van der Waals surface area contributed by atoms with Crippen LogP contribution < -0.4 is 10.0 Å². The molecule has 1 aromatic rings. The first-order chi connectivity index (χ1) is 11.0. The van der Waals surface area contributed by atoms with Crippen molar-refractivity contribution in [2.45, 2.75) is 64.4 Å². The van der Waals surface area contributed by atoms with E-state index in [0.717, 1.165) is 12.8 Å². The maximum Gasteiger partial charge on any atom is 0.253 e. The Hall–Kier alpha value is -1.11. The molecular formula is C17H27ClN2O3S. The number of halogens is 1. The Morgan fingerprint density at radius 1 is 1.12 bits per heavy atom. The lowest BCUT2D eigenvalue weighted by atomic mass is 10.0. The molecule has 0 aliphatic heterocycles. The van der Waals surface area contributed by atoms with Gasteiger partial charge in [-0.1, -0.05) is 25.4 Å². The van der Waals surface area contributed by atoms with Crippen molar-refractivity contribution < 1.29 is 13.2 Å². The molecule has 1 amide bonds. The average Bonchev–Trinajstić information content (AvgIpc) is 2.43. The van der Waals surface area contributed by atoms with Gasteiger partial charge in [-0.15, -0.1) is 0 Å². The van der Waals surface area contributed by atoms with Gasteiger partial charge in [-0.2, -0.15) is 0 Å². The van der Waals surface area contributed by atoms with E-state index in [9.17, 15) is 13.2 Å². The normalized spacial score (nSPS) is 13.3. The largest absolute Gasteiger partial charge is 0.350 e. The standard InChI is InChI=1S/C17H27ClN2O3S/c1-11(2)6-7-13(5)19-17(21)15-10-14(8-9-16(15)18)24(22,23)20-12(3)4/h8-13,20H,6-7H2,1-5H3,(H,19,21). The highest BCUT2D eigenvalue weighted by atomic mass is 35.5. The van der Waals surface area contributed by atoms with Gasteiger partial charge in [0.1, 0.15) is 0 Å². The van der Waals surface area contributed by atoms with Crippen LogP contribution in [0.5, 0.6) is 0 Å². The Morgan fingerprint density at radius 3 is 2.29 bits per heavy atom. The second-order valence-electron chi connectivity index (χ2n) is 6.76. The van der Waals surface area contributed by atoms with Gasteiger partial charge in [0.05, 0.1) is 15.5 Å². The summed E-state index contributed by atoms with van der Waals surface area (Å²) < 4.78 is 27.0. The molecule has 1 unspecified atom stereocenters. The van der Waals surface area contributed by atoms with Crippen LogP contribution in [0, 0.1) is 5.92 Å². The number of carbonyl (C=O) groups excluding carboxylic acids is 1. The first-order valence-electron chi connectivity index (χ1n) is 8.15. The van der Waals surface area contributed by atoms with Gasteiger partial charge in [0.25, 0.3) is 5.91 Å². The fraction of sp³-hybridized carbons (Fsp3) is 0.588. The van der Waals surface area contributed by atoms with Crippen LogP contribution in [0.15, 0.2) is 23.1 Å². The maximum atomic E-state index is 12.4. The van der Waals surface area contributed by atoms with E-state index >= 15 is 0 Å². The molecule has 24 heavy (non-hydrogen) atoms. The highest BCUT2D eigenvalue weighted by Gasteiger charge is 2.20. The van der Waals surface area contributed by atoms with E-state index in [1.165, 1.54) is 18.2 Å². The van der Waals surface area contributed by atoms with E-state index in [1.807, 2.05) is 6.92 Å². The molecular weight excluding hydrogens is 348 g/mol. The number of nitrogens with one attached hydrogen (secondary N) is 2. The number of hydrogen-bond acceptors (Lipinski definition) is 3. The van der Waals surface area contributed by atoms with Crippen molar-refractivity contribution in [3.63, 3.8) is 0 Å². The van der Waals surface area contributed by atoms with Crippen LogP contribution in [0.1, 0.15) is 57.8 Å². The fourth-order valence-corrected chi connectivity index (χ4v) is 3.66. The second kappa shape index (κ2) is 8.83. The molecule has 5 nitrogen and oxygen atoms in total. The minimum Gasteiger partial charge on any atom is -0.350 e. The van der Waals surface area contributed by atoms with Crippen LogP contribution in [0.25, 0.3) is 0 Å². The van der Waals surface area contributed by atoms with Crippen LogP contribution in [0.2, 0.25) is 5.02 Å². The SMILES string of the molecule is CC(C)CCC(C)NC(=O)c1cc(S(=O)(=O)NC(C)C)ccc1Cl. The molecule has 1 rings (SSSR count). The predicted molar refractivity (Wildman–Crippen MR) is 97.9 cm³/mol. The third-order valence-electron chi connectivity index (χ3n) is 3.44. The highest BCUT2D eigenvalue weighted by molar-refractivity contribution is 7.89. The fourth-order valence-electron chi connectivity index (χ4n) is 2.18. The molecule has 136 valence electrons. The van der Waals surface area contributed by atoms with Gasteiger partial charge >= 0.3 is 0 Å². The van der Waals surface area contributed by atoms with Crippen molar-refractivity contribution in [2.75, 3.05) is 0 Å². The summed E-state index contributed by atoms with van der Waals surface area (Å²) in [6.07, 6.45) is 1.86. The molecule has 0 aliphatic rings. The molecule has 0 aromatic heterocycles. The first kappa shape index (κ1) is 20.9. The molecule has 1 aromatic carbocycles. The van der Waals surface area contributed by atoms with Gasteiger partial charge in [0, 0.05) is 12.1 Å². The minimum atomic E-state index is -3.67. The Morgan fingerprint density at radius 2 is 1.75 bits per heavy atom. The summed E-state index contributed by atoms with van der Waals surface area (Å²) >= 11 is 6.08. The molecule has 0 radical (unpaired) electrons. The lowest BCUT2D eigenvalue weighted by Gasteiger charge is -2.16. The molecule has 1 atom stereocenters. The summed E-state index contributed by atoms with van der Waals surface area (Å²) in [6, 6.07) is 3.90. The molecule has 2 N–H and O–H groups in total. The van der Waals surface area contributed by atoms with E-state index in [0.29, 0.717) is 5.92 Å². The molecule has 0 bridgehead atoms. The summed E-state index contributed by atoms with van der Waals surface area (Å²) in [7, 11) is -3.67. The topological polar surface area (TPSA) is 75.3 Å². The molecule has 7 heteroatoms. The second-order valence-corrected chi connectivity index (χ2v) is 8.88. The van der Waals surface area contributed by atoms with Crippen LogP contribution in [0.4, 0.5) is 0 Å². The Balaban J connectivity index is 2.95. The van der Waals surface area contributed by atoms with Gasteiger partial charge < -0.3 is 5.32 Å². The average molecular weight is 375 g/mol. The van der Waals surface area contributed by atoms with E-state index < -0.39 is 10.0 Å². The third-order valence-corrected chi connectivity index (χ3v) is 5.42. The van der Waals surface area contributed by atoms with Gasteiger partial charge in [-0.25, -0.2) is 13.1 Å². The Labute approximate surface area is 150 Å². The van der Waals surface area contributed by atoms with E-state index in [-0.39, 0.29) is 33.5 Å². The molecule has 0 heterocycles. The zero-order valence-corrected chi connectivity index (χ0v) is 16.5. The zero-order chi connectivity index (χ0) is 18.5. The van der Waals surface area contributed by atoms with Crippen LogP contribution >= 0.6 is 11.6 Å². The molecule has 0 fully saturated rings. The molecule has 0 saturated heterocycles. The van der Waals surface area contributed by atoms with Crippen LogP contribution in [0.3, 0.4) is 0 Å². The van der Waals surface area contributed by atoms with Crippen molar-refractivity contribution >= 4 is 27.5 Å². The number of carbonyl (C=O) groups is 1. The third kappa shape index (κ3) is 6.42. The van der Waals surface area contributed by atoms with Gasteiger partial charge in [0.2, 0.25) is 10.0 Å². The smallest absolute Gasteiger partial charge is 0.253 e. The number of amides is 1. The molecule has 0 saturated carbocycles. The van der Waals surface area contributed by atoms with Gasteiger partial charge in [0.15, 0.2) is 0 Å².